The van der Waals surface area contributed by atoms with E-state index in [1.54, 1.807) is 19.2 Å². The molecule has 27 heavy (non-hydrogen) atoms. The largest absolute Gasteiger partial charge is 0.352 e. The Kier molecular flexibility index (Phi) is 9.69. The molecule has 1 aliphatic rings. The third-order valence-corrected chi connectivity index (χ3v) is 6.71. The molecule has 0 atom stereocenters. The summed E-state index contributed by atoms with van der Waals surface area (Å²) in [4.78, 5) is 14.8. The molecule has 2 N–H and O–H groups in total. The predicted octanol–water partition coefficient (Wildman–Crippen LogP) is 1.16. The van der Waals surface area contributed by atoms with Gasteiger partial charge < -0.3 is 15.5 Å². The second-order valence-electron chi connectivity index (χ2n) is 6.84. The van der Waals surface area contributed by atoms with Crippen molar-refractivity contribution in [3.63, 3.8) is 0 Å². The monoisotopic (exact) mass is 418 g/mol. The maximum absolute atomic E-state index is 12.4. The number of hydrogen-bond acceptors (Lipinski definition) is 5. The molecule has 0 bridgehead atoms. The lowest BCUT2D eigenvalue weighted by Gasteiger charge is -2.27. The highest BCUT2D eigenvalue weighted by atomic mass is 35.5. The number of carbonyl (C=O) groups is 1. The van der Waals surface area contributed by atoms with Crippen molar-refractivity contribution in [2.24, 2.45) is 0 Å². The summed E-state index contributed by atoms with van der Waals surface area (Å²) < 4.78 is 26.2. The van der Waals surface area contributed by atoms with Crippen LogP contribution in [0.15, 0.2) is 29.2 Å². The lowest BCUT2D eigenvalue weighted by molar-refractivity contribution is 0.0951. The Balaban J connectivity index is 0.00000364. The highest BCUT2D eigenvalue weighted by Crippen LogP contribution is 2.17. The quantitative estimate of drug-likeness (QED) is 0.619. The Morgan fingerprint density at radius 2 is 1.81 bits per heavy atom. The van der Waals surface area contributed by atoms with Crippen LogP contribution in [0.3, 0.4) is 0 Å². The van der Waals surface area contributed by atoms with E-state index in [-0.39, 0.29) is 29.3 Å². The first kappa shape index (κ1) is 23.8. The molecule has 1 heterocycles. The average Bonchev–Trinajstić information content (AvgIpc) is 2.65. The number of piperazine rings is 1. The molecule has 0 spiro atoms. The summed E-state index contributed by atoms with van der Waals surface area (Å²) in [6.45, 7) is 9.36. The van der Waals surface area contributed by atoms with Crippen molar-refractivity contribution in [2.45, 2.75) is 31.2 Å². The lowest BCUT2D eigenvalue weighted by Crippen LogP contribution is -2.44. The highest BCUT2D eigenvalue weighted by Gasteiger charge is 2.23. The summed E-state index contributed by atoms with van der Waals surface area (Å²) in [5.74, 6) is -0.175. The molecule has 0 radical (unpaired) electrons. The molecule has 154 valence electrons. The van der Waals surface area contributed by atoms with Crippen LogP contribution in [-0.4, -0.2) is 75.9 Å². The molecule has 1 aromatic carbocycles. The Morgan fingerprint density at radius 1 is 1.22 bits per heavy atom. The number of amides is 1. The summed E-state index contributed by atoms with van der Waals surface area (Å²) in [7, 11) is -1.97. The van der Waals surface area contributed by atoms with Gasteiger partial charge in [-0.05, 0) is 51.1 Å². The van der Waals surface area contributed by atoms with E-state index in [9.17, 15) is 13.2 Å². The number of hydrogen-bond donors (Lipinski definition) is 2. The van der Waals surface area contributed by atoms with Gasteiger partial charge in [0.25, 0.3) is 5.91 Å². The van der Waals surface area contributed by atoms with E-state index in [1.807, 2.05) is 13.8 Å². The van der Waals surface area contributed by atoms with Gasteiger partial charge in [0, 0.05) is 51.4 Å². The van der Waals surface area contributed by atoms with Crippen LogP contribution in [0.1, 0.15) is 30.6 Å². The SMILES string of the molecule is CC(C)N(C)S(=O)(=O)c1ccc(C(=O)NCCCN2CCNCC2)cc1.Cl. The third kappa shape index (κ3) is 6.73. The second kappa shape index (κ2) is 11.0. The number of benzene rings is 1. The van der Waals surface area contributed by atoms with E-state index >= 15 is 0 Å². The zero-order chi connectivity index (χ0) is 19.2. The summed E-state index contributed by atoms with van der Waals surface area (Å²) in [6.07, 6.45) is 0.900. The van der Waals surface area contributed by atoms with Crippen molar-refractivity contribution < 1.29 is 13.2 Å². The van der Waals surface area contributed by atoms with Crippen LogP contribution >= 0.6 is 12.4 Å². The minimum atomic E-state index is -3.52. The average molecular weight is 419 g/mol. The van der Waals surface area contributed by atoms with Crippen molar-refractivity contribution >= 4 is 28.3 Å². The van der Waals surface area contributed by atoms with Crippen LogP contribution < -0.4 is 10.6 Å². The van der Waals surface area contributed by atoms with Gasteiger partial charge in [0.15, 0.2) is 0 Å². The first-order valence-corrected chi connectivity index (χ1v) is 10.6. The van der Waals surface area contributed by atoms with Crippen molar-refractivity contribution in [2.75, 3.05) is 46.3 Å². The molecule has 7 nitrogen and oxygen atoms in total. The Bertz CT molecular complexity index is 689. The molecule has 0 saturated carbocycles. The van der Waals surface area contributed by atoms with Gasteiger partial charge in [-0.15, -0.1) is 12.4 Å². The minimum absolute atomic E-state index is 0. The maximum atomic E-state index is 12.4. The smallest absolute Gasteiger partial charge is 0.251 e. The van der Waals surface area contributed by atoms with E-state index in [4.69, 9.17) is 0 Å². The molecule has 1 amide bonds. The first-order valence-electron chi connectivity index (χ1n) is 9.11. The van der Waals surface area contributed by atoms with Gasteiger partial charge in [-0.1, -0.05) is 0 Å². The summed E-state index contributed by atoms with van der Waals surface area (Å²) in [5, 5.41) is 6.21. The molecule has 2 rings (SSSR count). The van der Waals surface area contributed by atoms with Crippen molar-refractivity contribution in [1.82, 2.24) is 19.8 Å². The van der Waals surface area contributed by atoms with Gasteiger partial charge in [-0.25, -0.2) is 8.42 Å². The Labute approximate surface area is 168 Å². The number of nitrogens with zero attached hydrogens (tertiary/aromatic N) is 2. The molecule has 1 saturated heterocycles. The molecule has 0 aliphatic carbocycles. The number of halogens is 1. The molecular weight excluding hydrogens is 388 g/mol. The van der Waals surface area contributed by atoms with E-state index in [1.165, 1.54) is 16.4 Å². The van der Waals surface area contributed by atoms with Crippen molar-refractivity contribution in [3.8, 4) is 0 Å². The number of sulfonamides is 1. The van der Waals surface area contributed by atoms with Gasteiger partial charge in [-0.2, -0.15) is 4.31 Å². The minimum Gasteiger partial charge on any atom is -0.352 e. The fraction of sp³-hybridized carbons (Fsp3) is 0.611. The van der Waals surface area contributed by atoms with E-state index in [0.29, 0.717) is 12.1 Å². The van der Waals surface area contributed by atoms with E-state index < -0.39 is 10.0 Å². The zero-order valence-electron chi connectivity index (χ0n) is 16.3. The maximum Gasteiger partial charge on any atom is 0.251 e. The van der Waals surface area contributed by atoms with E-state index in [2.05, 4.69) is 15.5 Å². The van der Waals surface area contributed by atoms with Gasteiger partial charge in [0.05, 0.1) is 4.90 Å². The third-order valence-electron chi connectivity index (χ3n) is 4.67. The lowest BCUT2D eigenvalue weighted by atomic mass is 10.2. The Morgan fingerprint density at radius 3 is 2.37 bits per heavy atom. The molecule has 1 aliphatic heterocycles. The molecule has 1 fully saturated rings. The number of rotatable bonds is 8. The van der Waals surface area contributed by atoms with Crippen LogP contribution in [0.4, 0.5) is 0 Å². The van der Waals surface area contributed by atoms with Crippen LogP contribution in [-0.2, 0) is 10.0 Å². The van der Waals surface area contributed by atoms with Crippen LogP contribution in [0, 0.1) is 0 Å². The fourth-order valence-corrected chi connectivity index (χ4v) is 4.13. The van der Waals surface area contributed by atoms with Crippen LogP contribution in [0.5, 0.6) is 0 Å². The normalized spacial score (nSPS) is 15.6. The zero-order valence-corrected chi connectivity index (χ0v) is 17.9. The van der Waals surface area contributed by atoms with Gasteiger partial charge in [-0.3, -0.25) is 4.79 Å². The molecule has 0 aromatic heterocycles. The Hall–Kier alpha value is -1.19. The second-order valence-corrected chi connectivity index (χ2v) is 8.84. The van der Waals surface area contributed by atoms with Crippen LogP contribution in [0.25, 0.3) is 0 Å². The highest BCUT2D eigenvalue weighted by molar-refractivity contribution is 7.89. The summed E-state index contributed by atoms with van der Waals surface area (Å²) in [5.41, 5.74) is 0.471. The van der Waals surface area contributed by atoms with Gasteiger partial charge >= 0.3 is 0 Å². The topological polar surface area (TPSA) is 81.8 Å². The fourth-order valence-electron chi connectivity index (χ4n) is 2.76. The van der Waals surface area contributed by atoms with Gasteiger partial charge in [0.1, 0.15) is 0 Å². The van der Waals surface area contributed by atoms with Crippen molar-refractivity contribution in [3.05, 3.63) is 29.8 Å². The van der Waals surface area contributed by atoms with E-state index in [0.717, 1.165) is 39.1 Å². The molecule has 0 unspecified atom stereocenters. The van der Waals surface area contributed by atoms with Gasteiger partial charge in [0.2, 0.25) is 10.0 Å². The molecule has 9 heteroatoms. The molecular formula is C18H31ClN4O3S. The molecule has 1 aromatic rings. The predicted molar refractivity (Wildman–Crippen MR) is 110 cm³/mol. The summed E-state index contributed by atoms with van der Waals surface area (Å²) in [6, 6.07) is 5.98. The number of carbonyl (C=O) groups excluding carboxylic acids is 1. The standard InChI is InChI=1S/C18H30N4O3S.ClH/c1-15(2)21(3)26(24,25)17-7-5-16(6-8-17)18(23)20-9-4-12-22-13-10-19-11-14-22;/h5-8,15,19H,4,9-14H2,1-3H3,(H,20,23);1H. The van der Waals surface area contributed by atoms with Crippen LogP contribution in [0.2, 0.25) is 0 Å². The first-order chi connectivity index (χ1) is 12.3. The summed E-state index contributed by atoms with van der Waals surface area (Å²) >= 11 is 0. The van der Waals surface area contributed by atoms with Crippen molar-refractivity contribution in [1.29, 1.82) is 0 Å². The number of nitrogens with one attached hydrogen (secondary N) is 2.